The minimum atomic E-state index is -0.456. The van der Waals surface area contributed by atoms with Crippen molar-refractivity contribution in [3.8, 4) is 23.3 Å². The monoisotopic (exact) mass is 365 g/mol. The van der Waals surface area contributed by atoms with Crippen molar-refractivity contribution in [3.05, 3.63) is 52.1 Å². The number of hydrogen-bond donors (Lipinski definition) is 0. The molecule has 0 aliphatic carbocycles. The molecule has 0 amide bonds. The van der Waals surface area contributed by atoms with E-state index in [0.29, 0.717) is 5.75 Å². The van der Waals surface area contributed by atoms with Crippen LogP contribution in [-0.2, 0) is 0 Å². The minimum Gasteiger partial charge on any atom is -0.476 e. The van der Waals surface area contributed by atoms with E-state index in [4.69, 9.17) is 14.7 Å². The van der Waals surface area contributed by atoms with Crippen LogP contribution in [0.1, 0.15) is 6.92 Å². The Bertz CT molecular complexity index is 573. The van der Waals surface area contributed by atoms with Crippen molar-refractivity contribution in [1.82, 2.24) is 0 Å². The minimum absolute atomic E-state index is 0.456. The molecule has 3 nitrogen and oxygen atoms in total. The van der Waals surface area contributed by atoms with Crippen LogP contribution >= 0.6 is 22.6 Å². The van der Waals surface area contributed by atoms with Gasteiger partial charge in [0.05, 0.1) is 0 Å². The lowest BCUT2D eigenvalue weighted by atomic mass is 10.3. The van der Waals surface area contributed by atoms with E-state index in [9.17, 15) is 0 Å². The van der Waals surface area contributed by atoms with E-state index in [1.807, 2.05) is 42.5 Å². The molecule has 2 aromatic carbocycles. The third-order valence-electron chi connectivity index (χ3n) is 2.37. The first-order chi connectivity index (χ1) is 9.17. The molecule has 0 saturated heterocycles. The smallest absolute Gasteiger partial charge is 0.181 e. The lowest BCUT2D eigenvalue weighted by Crippen LogP contribution is -2.07. The van der Waals surface area contributed by atoms with Crippen LogP contribution in [0, 0.1) is 14.9 Å². The Morgan fingerprint density at radius 1 is 0.947 bits per heavy atom. The zero-order valence-corrected chi connectivity index (χ0v) is 12.5. The highest BCUT2D eigenvalue weighted by atomic mass is 127. The normalized spacial score (nSPS) is 11.4. The summed E-state index contributed by atoms with van der Waals surface area (Å²) in [5, 5.41) is 8.67. The molecule has 2 aromatic rings. The van der Waals surface area contributed by atoms with Crippen molar-refractivity contribution in [1.29, 1.82) is 5.26 Å². The lowest BCUT2D eigenvalue weighted by Gasteiger charge is -2.09. The fraction of sp³-hybridized carbons (Fsp3) is 0.133. The van der Waals surface area contributed by atoms with E-state index >= 15 is 0 Å². The van der Waals surface area contributed by atoms with Gasteiger partial charge >= 0.3 is 0 Å². The van der Waals surface area contributed by atoms with Gasteiger partial charge in [0.2, 0.25) is 0 Å². The number of rotatable bonds is 4. The Hall–Kier alpha value is -1.74. The topological polar surface area (TPSA) is 42.2 Å². The summed E-state index contributed by atoms with van der Waals surface area (Å²) in [4.78, 5) is 0. The molecule has 0 fully saturated rings. The number of nitrogens with zero attached hydrogens (tertiary/aromatic N) is 1. The summed E-state index contributed by atoms with van der Waals surface area (Å²) < 4.78 is 12.2. The fourth-order valence-electron chi connectivity index (χ4n) is 1.46. The van der Waals surface area contributed by atoms with Crippen molar-refractivity contribution >= 4 is 22.6 Å². The number of halogens is 1. The van der Waals surface area contributed by atoms with Gasteiger partial charge in [0.25, 0.3) is 0 Å². The predicted octanol–water partition coefficient (Wildman–Crippen LogP) is 4.37. The first kappa shape index (κ1) is 13.7. The average molecular weight is 365 g/mol. The van der Waals surface area contributed by atoms with Gasteiger partial charge in [-0.1, -0.05) is 0 Å². The third-order valence-corrected chi connectivity index (χ3v) is 3.09. The molecule has 0 radical (unpaired) electrons. The molecule has 2 rings (SSSR count). The van der Waals surface area contributed by atoms with Crippen LogP contribution in [-0.4, -0.2) is 6.10 Å². The molecule has 0 N–H and O–H groups in total. The average Bonchev–Trinajstić information content (AvgIpc) is 2.43. The van der Waals surface area contributed by atoms with Gasteiger partial charge in [-0.15, -0.1) is 0 Å². The summed E-state index contributed by atoms with van der Waals surface area (Å²) >= 11 is 2.25. The third kappa shape index (κ3) is 4.14. The Labute approximate surface area is 125 Å². The van der Waals surface area contributed by atoms with Crippen molar-refractivity contribution in [2.75, 3.05) is 0 Å². The second kappa shape index (κ2) is 6.43. The molecule has 19 heavy (non-hydrogen) atoms. The van der Waals surface area contributed by atoms with Crippen LogP contribution in [0.2, 0.25) is 0 Å². The highest BCUT2D eigenvalue weighted by Crippen LogP contribution is 2.24. The van der Waals surface area contributed by atoms with Crippen LogP contribution < -0.4 is 9.47 Å². The summed E-state index contributed by atoms with van der Waals surface area (Å²) in [7, 11) is 0. The highest BCUT2D eigenvalue weighted by Gasteiger charge is 2.02. The lowest BCUT2D eigenvalue weighted by molar-refractivity contribution is 0.276. The van der Waals surface area contributed by atoms with Gasteiger partial charge in [0.1, 0.15) is 23.3 Å². The van der Waals surface area contributed by atoms with E-state index in [0.717, 1.165) is 11.5 Å². The van der Waals surface area contributed by atoms with Crippen LogP contribution in [0.3, 0.4) is 0 Å². The second-order valence-corrected chi connectivity index (χ2v) is 5.16. The molecule has 0 aliphatic heterocycles. The molecule has 0 spiro atoms. The molecule has 1 atom stereocenters. The predicted molar refractivity (Wildman–Crippen MR) is 81.4 cm³/mol. The number of ether oxygens (including phenoxy) is 2. The van der Waals surface area contributed by atoms with Gasteiger partial charge < -0.3 is 9.47 Å². The van der Waals surface area contributed by atoms with Crippen molar-refractivity contribution in [2.24, 2.45) is 0 Å². The van der Waals surface area contributed by atoms with Crippen LogP contribution in [0.15, 0.2) is 48.5 Å². The van der Waals surface area contributed by atoms with Gasteiger partial charge in [-0.05, 0) is 78.0 Å². The zero-order valence-electron chi connectivity index (χ0n) is 10.3. The number of benzene rings is 2. The molecule has 96 valence electrons. The van der Waals surface area contributed by atoms with Crippen molar-refractivity contribution < 1.29 is 9.47 Å². The number of hydrogen-bond acceptors (Lipinski definition) is 3. The van der Waals surface area contributed by atoms with Crippen molar-refractivity contribution in [3.63, 3.8) is 0 Å². The standard InChI is InChI=1S/C15H12INO2/c1-11(10-17)18-13-6-8-15(9-7-13)19-14-4-2-12(16)3-5-14/h2-9,11H,1H3. The summed E-state index contributed by atoms with van der Waals surface area (Å²) in [6.07, 6.45) is -0.456. The zero-order chi connectivity index (χ0) is 13.7. The molecular formula is C15H12INO2. The summed E-state index contributed by atoms with van der Waals surface area (Å²) in [6.45, 7) is 1.70. The molecular weight excluding hydrogens is 353 g/mol. The van der Waals surface area contributed by atoms with Gasteiger partial charge in [0, 0.05) is 3.57 Å². The molecule has 0 heterocycles. The van der Waals surface area contributed by atoms with Gasteiger partial charge in [-0.3, -0.25) is 0 Å². The largest absolute Gasteiger partial charge is 0.476 e. The summed E-state index contributed by atoms with van der Waals surface area (Å²) in [6, 6.07) is 17.0. The van der Waals surface area contributed by atoms with Crippen LogP contribution in [0.25, 0.3) is 0 Å². The molecule has 1 unspecified atom stereocenters. The molecule has 0 aromatic heterocycles. The Morgan fingerprint density at radius 2 is 1.42 bits per heavy atom. The molecule has 0 saturated carbocycles. The molecule has 4 heteroatoms. The maximum atomic E-state index is 8.67. The van der Waals surface area contributed by atoms with E-state index < -0.39 is 6.10 Å². The second-order valence-electron chi connectivity index (χ2n) is 3.92. The van der Waals surface area contributed by atoms with Crippen molar-refractivity contribution in [2.45, 2.75) is 13.0 Å². The first-order valence-corrected chi connectivity index (χ1v) is 6.85. The summed E-state index contributed by atoms with van der Waals surface area (Å²) in [5.74, 6) is 2.18. The van der Waals surface area contributed by atoms with Crippen LogP contribution in [0.5, 0.6) is 17.2 Å². The quantitative estimate of drug-likeness (QED) is 0.756. The maximum absolute atomic E-state index is 8.67. The Balaban J connectivity index is 2.02. The van der Waals surface area contributed by atoms with Gasteiger partial charge in [-0.25, -0.2) is 0 Å². The van der Waals surface area contributed by atoms with Crippen LogP contribution in [0.4, 0.5) is 0 Å². The Kier molecular flexibility index (Phi) is 4.63. The molecule has 0 bridgehead atoms. The van der Waals surface area contributed by atoms with E-state index in [1.54, 1.807) is 19.1 Å². The van der Waals surface area contributed by atoms with Gasteiger partial charge in [0.15, 0.2) is 6.10 Å². The van der Waals surface area contributed by atoms with E-state index in [-0.39, 0.29) is 0 Å². The first-order valence-electron chi connectivity index (χ1n) is 5.77. The maximum Gasteiger partial charge on any atom is 0.181 e. The van der Waals surface area contributed by atoms with E-state index in [2.05, 4.69) is 22.6 Å². The SMILES string of the molecule is CC(C#N)Oc1ccc(Oc2ccc(I)cc2)cc1. The molecule has 0 aliphatic rings. The van der Waals surface area contributed by atoms with E-state index in [1.165, 1.54) is 3.57 Å². The van der Waals surface area contributed by atoms with Gasteiger partial charge in [-0.2, -0.15) is 5.26 Å². The highest BCUT2D eigenvalue weighted by molar-refractivity contribution is 14.1. The number of nitriles is 1. The fourth-order valence-corrected chi connectivity index (χ4v) is 1.82. The Morgan fingerprint density at radius 3 is 1.95 bits per heavy atom. The summed E-state index contributed by atoms with van der Waals surface area (Å²) in [5.41, 5.74) is 0.